The molecule has 0 aliphatic rings. The van der Waals surface area contributed by atoms with Crippen LogP contribution in [-0.4, -0.2) is 33.6 Å². The summed E-state index contributed by atoms with van der Waals surface area (Å²) in [6, 6.07) is 0. The Morgan fingerprint density at radius 3 is 2.56 bits per heavy atom. The Morgan fingerprint density at radius 2 is 2.19 bits per heavy atom. The van der Waals surface area contributed by atoms with Crippen molar-refractivity contribution in [1.29, 1.82) is 0 Å². The minimum absolute atomic E-state index is 0.0388. The molecule has 0 spiro atoms. The number of carboxylic acids is 1. The quantitative estimate of drug-likeness (QED) is 0.843. The van der Waals surface area contributed by atoms with Crippen molar-refractivity contribution in [3.8, 4) is 5.88 Å². The van der Waals surface area contributed by atoms with E-state index in [0.717, 1.165) is 4.68 Å². The summed E-state index contributed by atoms with van der Waals surface area (Å²) in [5.41, 5.74) is -0.210. The number of aryl methyl sites for hydroxylation is 1. The third kappa shape index (κ3) is 3.00. The standard InChI is InChI=1S/C7H6F3IN2O3/c1-13-4(6(14)15)3(11)5(12-13)16-2-7(8,9)10/h2H2,1H3,(H,14,15). The molecule has 0 unspecified atom stereocenters. The van der Waals surface area contributed by atoms with E-state index in [1.807, 2.05) is 0 Å². The number of carbonyl (C=O) groups is 1. The number of carboxylic acid groups (broad SMARTS) is 1. The van der Waals surface area contributed by atoms with Crippen LogP contribution in [-0.2, 0) is 7.05 Å². The molecule has 0 aliphatic heterocycles. The minimum Gasteiger partial charge on any atom is -0.476 e. The van der Waals surface area contributed by atoms with E-state index >= 15 is 0 Å². The molecule has 0 bridgehead atoms. The fourth-order valence-corrected chi connectivity index (χ4v) is 1.79. The third-order valence-electron chi connectivity index (χ3n) is 1.54. The number of alkyl halides is 3. The topological polar surface area (TPSA) is 64.4 Å². The van der Waals surface area contributed by atoms with Gasteiger partial charge in [0, 0.05) is 7.05 Å². The lowest BCUT2D eigenvalue weighted by atomic mass is 10.4. The molecule has 0 saturated carbocycles. The van der Waals surface area contributed by atoms with Crippen LogP contribution in [0.2, 0.25) is 0 Å². The van der Waals surface area contributed by atoms with Gasteiger partial charge in [0.1, 0.15) is 3.57 Å². The van der Waals surface area contributed by atoms with Crippen molar-refractivity contribution >= 4 is 28.6 Å². The smallest absolute Gasteiger partial charge is 0.422 e. The number of hydrogen-bond donors (Lipinski definition) is 1. The highest BCUT2D eigenvalue weighted by Crippen LogP contribution is 2.25. The fourth-order valence-electron chi connectivity index (χ4n) is 0.948. The van der Waals surface area contributed by atoms with Crippen LogP contribution in [0.4, 0.5) is 13.2 Å². The van der Waals surface area contributed by atoms with Gasteiger partial charge >= 0.3 is 12.1 Å². The predicted molar refractivity (Wildman–Crippen MR) is 54.4 cm³/mol. The van der Waals surface area contributed by atoms with E-state index in [9.17, 15) is 18.0 Å². The van der Waals surface area contributed by atoms with Gasteiger partial charge in [-0.2, -0.15) is 13.2 Å². The van der Waals surface area contributed by atoms with E-state index in [0.29, 0.717) is 0 Å². The molecule has 0 radical (unpaired) electrons. The molecule has 1 N–H and O–H groups in total. The van der Waals surface area contributed by atoms with Crippen LogP contribution in [0.3, 0.4) is 0 Å². The van der Waals surface area contributed by atoms with Crippen LogP contribution < -0.4 is 4.74 Å². The maximum absolute atomic E-state index is 11.9. The Morgan fingerprint density at radius 1 is 1.62 bits per heavy atom. The van der Waals surface area contributed by atoms with E-state index < -0.39 is 18.8 Å². The number of ether oxygens (including phenoxy) is 1. The largest absolute Gasteiger partial charge is 0.476 e. The highest BCUT2D eigenvalue weighted by Gasteiger charge is 2.30. The van der Waals surface area contributed by atoms with Gasteiger partial charge in [0.25, 0.3) is 0 Å². The van der Waals surface area contributed by atoms with Crippen molar-refractivity contribution in [3.05, 3.63) is 9.26 Å². The van der Waals surface area contributed by atoms with Crippen molar-refractivity contribution < 1.29 is 27.8 Å². The van der Waals surface area contributed by atoms with Crippen molar-refractivity contribution in [3.63, 3.8) is 0 Å². The van der Waals surface area contributed by atoms with Gasteiger partial charge < -0.3 is 9.84 Å². The molecule has 90 valence electrons. The Kier molecular flexibility index (Phi) is 3.65. The molecule has 0 fully saturated rings. The van der Waals surface area contributed by atoms with E-state index in [2.05, 4.69) is 9.84 Å². The SMILES string of the molecule is Cn1nc(OCC(F)(F)F)c(I)c1C(=O)O. The zero-order valence-electron chi connectivity index (χ0n) is 7.88. The normalized spacial score (nSPS) is 11.6. The molecule has 0 atom stereocenters. The van der Waals surface area contributed by atoms with Crippen LogP contribution >= 0.6 is 22.6 Å². The molecule has 1 rings (SSSR count). The molecule has 9 heteroatoms. The van der Waals surface area contributed by atoms with Crippen molar-refractivity contribution in [2.75, 3.05) is 6.61 Å². The lowest BCUT2D eigenvalue weighted by Gasteiger charge is -2.06. The van der Waals surface area contributed by atoms with Gasteiger partial charge in [-0.25, -0.2) is 4.79 Å². The third-order valence-corrected chi connectivity index (χ3v) is 2.51. The van der Waals surface area contributed by atoms with E-state index in [-0.39, 0.29) is 15.1 Å². The molecule has 16 heavy (non-hydrogen) atoms. The van der Waals surface area contributed by atoms with E-state index in [1.54, 1.807) is 22.6 Å². The highest BCUT2D eigenvalue weighted by atomic mass is 127. The summed E-state index contributed by atoms with van der Waals surface area (Å²) in [6.45, 7) is -1.50. The summed E-state index contributed by atoms with van der Waals surface area (Å²) in [6.07, 6.45) is -4.48. The van der Waals surface area contributed by atoms with E-state index in [4.69, 9.17) is 5.11 Å². The van der Waals surface area contributed by atoms with Crippen LogP contribution in [0.25, 0.3) is 0 Å². The van der Waals surface area contributed by atoms with Crippen molar-refractivity contribution in [2.24, 2.45) is 7.05 Å². The Balaban J connectivity index is 2.91. The second-order valence-corrected chi connectivity index (χ2v) is 3.88. The first kappa shape index (κ1) is 13.1. The highest BCUT2D eigenvalue weighted by molar-refractivity contribution is 14.1. The molecular formula is C7H6F3IN2O3. The Hall–Kier alpha value is -1.00. The van der Waals surface area contributed by atoms with Crippen LogP contribution in [0.1, 0.15) is 10.5 Å². The molecule has 0 aliphatic carbocycles. The van der Waals surface area contributed by atoms with Crippen molar-refractivity contribution in [2.45, 2.75) is 6.18 Å². The molecular weight excluding hydrogens is 344 g/mol. The fraction of sp³-hybridized carbons (Fsp3) is 0.429. The molecule has 0 aromatic carbocycles. The first-order valence-corrected chi connectivity index (χ1v) is 4.95. The summed E-state index contributed by atoms with van der Waals surface area (Å²) in [5.74, 6) is -1.61. The predicted octanol–water partition coefficient (Wildman–Crippen LogP) is 1.66. The summed E-state index contributed by atoms with van der Waals surface area (Å²) in [5, 5.41) is 12.3. The second kappa shape index (κ2) is 4.47. The maximum Gasteiger partial charge on any atom is 0.422 e. The first-order valence-electron chi connectivity index (χ1n) is 3.87. The monoisotopic (exact) mass is 350 g/mol. The number of aromatic carboxylic acids is 1. The Bertz CT molecular complexity index is 416. The number of halogens is 4. The Labute approximate surface area is 101 Å². The number of rotatable bonds is 3. The molecule has 1 aromatic rings. The van der Waals surface area contributed by atoms with Crippen LogP contribution in [0, 0.1) is 3.57 Å². The molecule has 1 aromatic heterocycles. The zero-order chi connectivity index (χ0) is 12.5. The van der Waals surface area contributed by atoms with Gasteiger partial charge in [0.15, 0.2) is 12.3 Å². The number of hydrogen-bond acceptors (Lipinski definition) is 3. The maximum atomic E-state index is 11.9. The second-order valence-electron chi connectivity index (χ2n) is 2.80. The van der Waals surface area contributed by atoms with Crippen LogP contribution in [0.5, 0.6) is 5.88 Å². The average Bonchev–Trinajstić information content (AvgIpc) is 2.36. The van der Waals surface area contributed by atoms with Gasteiger partial charge in [0.05, 0.1) is 0 Å². The summed E-state index contributed by atoms with van der Waals surface area (Å²) < 4.78 is 41.0. The molecule has 0 saturated heterocycles. The summed E-state index contributed by atoms with van der Waals surface area (Å²) in [7, 11) is 1.31. The summed E-state index contributed by atoms with van der Waals surface area (Å²) >= 11 is 1.57. The van der Waals surface area contributed by atoms with Gasteiger partial charge in [0.2, 0.25) is 5.88 Å². The zero-order valence-corrected chi connectivity index (χ0v) is 10.0. The van der Waals surface area contributed by atoms with Crippen LogP contribution in [0.15, 0.2) is 0 Å². The van der Waals surface area contributed by atoms with Gasteiger partial charge in [-0.3, -0.25) is 4.68 Å². The summed E-state index contributed by atoms with van der Waals surface area (Å²) in [4.78, 5) is 10.7. The van der Waals surface area contributed by atoms with Crippen molar-refractivity contribution in [1.82, 2.24) is 9.78 Å². The minimum atomic E-state index is -4.48. The lowest BCUT2D eigenvalue weighted by molar-refractivity contribution is -0.154. The molecule has 5 nitrogen and oxygen atoms in total. The van der Waals surface area contributed by atoms with Gasteiger partial charge in [-0.1, -0.05) is 0 Å². The number of nitrogens with zero attached hydrogens (tertiary/aromatic N) is 2. The first-order chi connectivity index (χ1) is 7.22. The molecule has 0 amide bonds. The average molecular weight is 350 g/mol. The lowest BCUT2D eigenvalue weighted by Crippen LogP contribution is -2.19. The van der Waals surface area contributed by atoms with E-state index in [1.165, 1.54) is 7.05 Å². The van der Waals surface area contributed by atoms with Gasteiger partial charge in [-0.05, 0) is 22.6 Å². The molecule has 1 heterocycles. The van der Waals surface area contributed by atoms with Gasteiger partial charge in [-0.15, -0.1) is 5.10 Å². The number of aromatic nitrogens is 2.